The highest BCUT2D eigenvalue weighted by atomic mass is 16.5. The molecule has 1 atom stereocenters. The second-order valence-corrected chi connectivity index (χ2v) is 4.31. The molecule has 0 aliphatic rings. The van der Waals surface area contributed by atoms with Crippen LogP contribution in [-0.4, -0.2) is 31.5 Å². The predicted molar refractivity (Wildman–Crippen MR) is 76.3 cm³/mol. The number of hydrogen-bond acceptors (Lipinski definition) is 4. The predicted octanol–water partition coefficient (Wildman–Crippen LogP) is 2.87. The van der Waals surface area contributed by atoms with Gasteiger partial charge in [-0.3, -0.25) is 0 Å². The summed E-state index contributed by atoms with van der Waals surface area (Å²) in [6.07, 6.45) is -0.640. The first-order valence-corrected chi connectivity index (χ1v) is 6.40. The van der Waals surface area contributed by atoms with E-state index in [0.29, 0.717) is 11.5 Å². The highest BCUT2D eigenvalue weighted by Gasteiger charge is 2.05. The first-order chi connectivity index (χ1) is 9.78. The zero-order valence-corrected chi connectivity index (χ0v) is 11.4. The van der Waals surface area contributed by atoms with Crippen molar-refractivity contribution in [3.63, 3.8) is 0 Å². The molecule has 0 amide bonds. The van der Waals surface area contributed by atoms with Crippen LogP contribution in [0.5, 0.6) is 17.2 Å². The molecule has 0 spiro atoms. The third-order valence-corrected chi connectivity index (χ3v) is 2.59. The summed E-state index contributed by atoms with van der Waals surface area (Å²) >= 11 is 0. The Morgan fingerprint density at radius 3 is 2.35 bits per heavy atom. The molecule has 0 aliphatic carbocycles. The fourth-order valence-electron chi connectivity index (χ4n) is 1.69. The molecule has 0 fully saturated rings. The van der Waals surface area contributed by atoms with Gasteiger partial charge in [-0.2, -0.15) is 0 Å². The zero-order valence-electron chi connectivity index (χ0n) is 11.4. The van der Waals surface area contributed by atoms with Crippen molar-refractivity contribution in [2.75, 3.05) is 20.3 Å². The van der Waals surface area contributed by atoms with Crippen LogP contribution in [0.15, 0.2) is 54.6 Å². The lowest BCUT2D eigenvalue weighted by molar-refractivity contribution is 0.0325. The molecule has 0 aliphatic heterocycles. The minimum Gasteiger partial charge on any atom is -0.491 e. The Hall–Kier alpha value is -2.04. The lowest BCUT2D eigenvalue weighted by atomic mass is 10.3. The molecule has 106 valence electrons. The smallest absolute Gasteiger partial charge is 0.131 e. The summed E-state index contributed by atoms with van der Waals surface area (Å²) in [5.74, 6) is 2.10. The Morgan fingerprint density at radius 1 is 0.900 bits per heavy atom. The van der Waals surface area contributed by atoms with Crippen molar-refractivity contribution in [2.24, 2.45) is 0 Å². The SMILES string of the molecule is COC[C@@H](O)COc1cccc(Oc2ccccc2)c1. The summed E-state index contributed by atoms with van der Waals surface area (Å²) in [5, 5.41) is 9.53. The lowest BCUT2D eigenvalue weighted by Gasteiger charge is -2.12. The van der Waals surface area contributed by atoms with E-state index in [9.17, 15) is 5.11 Å². The Morgan fingerprint density at radius 2 is 1.60 bits per heavy atom. The summed E-state index contributed by atoms with van der Waals surface area (Å²) in [5.41, 5.74) is 0. The monoisotopic (exact) mass is 274 g/mol. The Kier molecular flexibility index (Phi) is 5.41. The van der Waals surface area contributed by atoms with Gasteiger partial charge < -0.3 is 19.3 Å². The maximum Gasteiger partial charge on any atom is 0.131 e. The second-order valence-electron chi connectivity index (χ2n) is 4.31. The number of para-hydroxylation sites is 1. The number of ether oxygens (including phenoxy) is 3. The van der Waals surface area contributed by atoms with Gasteiger partial charge in [-0.05, 0) is 24.3 Å². The van der Waals surface area contributed by atoms with Crippen molar-refractivity contribution in [1.29, 1.82) is 0 Å². The standard InChI is InChI=1S/C16H18O4/c1-18-11-13(17)12-19-15-8-5-9-16(10-15)20-14-6-3-2-4-7-14/h2-10,13,17H,11-12H2,1H3/t13-/m1/s1. The van der Waals surface area contributed by atoms with Crippen LogP contribution in [0.2, 0.25) is 0 Å². The van der Waals surface area contributed by atoms with Crippen molar-refractivity contribution in [1.82, 2.24) is 0 Å². The number of hydrogen-bond donors (Lipinski definition) is 1. The van der Waals surface area contributed by atoms with Gasteiger partial charge in [0.1, 0.15) is 30.0 Å². The molecule has 0 bridgehead atoms. The summed E-state index contributed by atoms with van der Waals surface area (Å²) < 4.78 is 16.0. The van der Waals surface area contributed by atoms with Crippen molar-refractivity contribution < 1.29 is 19.3 Å². The Bertz CT molecular complexity index is 513. The van der Waals surface area contributed by atoms with Gasteiger partial charge in [0.05, 0.1) is 6.61 Å². The Balaban J connectivity index is 1.94. The summed E-state index contributed by atoms with van der Waals surface area (Å²) in [6.45, 7) is 0.433. The normalized spacial score (nSPS) is 11.9. The largest absolute Gasteiger partial charge is 0.491 e. The van der Waals surface area contributed by atoms with Gasteiger partial charge in [0.2, 0.25) is 0 Å². The van der Waals surface area contributed by atoms with Gasteiger partial charge in [0.25, 0.3) is 0 Å². The number of benzene rings is 2. The number of rotatable bonds is 7. The van der Waals surface area contributed by atoms with Gasteiger partial charge in [0.15, 0.2) is 0 Å². The van der Waals surface area contributed by atoms with Crippen LogP contribution in [0.1, 0.15) is 0 Å². The molecule has 0 radical (unpaired) electrons. The first-order valence-electron chi connectivity index (χ1n) is 6.40. The number of aliphatic hydroxyl groups is 1. The average molecular weight is 274 g/mol. The molecule has 0 unspecified atom stereocenters. The topological polar surface area (TPSA) is 47.9 Å². The third-order valence-electron chi connectivity index (χ3n) is 2.59. The van der Waals surface area contributed by atoms with E-state index >= 15 is 0 Å². The quantitative estimate of drug-likeness (QED) is 0.843. The molecule has 2 aromatic rings. The zero-order chi connectivity index (χ0) is 14.2. The van der Waals surface area contributed by atoms with Crippen LogP contribution in [0.3, 0.4) is 0 Å². The molecule has 0 saturated carbocycles. The highest BCUT2D eigenvalue weighted by Crippen LogP contribution is 2.24. The molecule has 20 heavy (non-hydrogen) atoms. The van der Waals surface area contributed by atoms with Crippen LogP contribution in [0.25, 0.3) is 0 Å². The van der Waals surface area contributed by atoms with Gasteiger partial charge >= 0.3 is 0 Å². The average Bonchev–Trinajstić information content (AvgIpc) is 2.47. The van der Waals surface area contributed by atoms with Crippen LogP contribution in [0.4, 0.5) is 0 Å². The van der Waals surface area contributed by atoms with Crippen LogP contribution in [0, 0.1) is 0 Å². The van der Waals surface area contributed by atoms with Crippen LogP contribution in [-0.2, 0) is 4.74 Å². The minimum absolute atomic E-state index is 0.183. The second kappa shape index (κ2) is 7.53. The van der Waals surface area contributed by atoms with Crippen LogP contribution < -0.4 is 9.47 Å². The van der Waals surface area contributed by atoms with Gasteiger partial charge in [-0.25, -0.2) is 0 Å². The molecule has 4 heteroatoms. The minimum atomic E-state index is -0.640. The van der Waals surface area contributed by atoms with Crippen LogP contribution >= 0.6 is 0 Å². The summed E-state index contributed by atoms with van der Waals surface area (Å²) in [6, 6.07) is 16.8. The van der Waals surface area contributed by atoms with Crippen molar-refractivity contribution >= 4 is 0 Å². The molecular formula is C16H18O4. The molecule has 0 saturated heterocycles. The molecule has 0 aromatic heterocycles. The molecule has 2 rings (SSSR count). The molecule has 0 heterocycles. The maximum absolute atomic E-state index is 9.53. The lowest BCUT2D eigenvalue weighted by Crippen LogP contribution is -2.22. The fourth-order valence-corrected chi connectivity index (χ4v) is 1.69. The van der Waals surface area contributed by atoms with Crippen molar-refractivity contribution in [2.45, 2.75) is 6.10 Å². The molecule has 1 N–H and O–H groups in total. The summed E-state index contributed by atoms with van der Waals surface area (Å²) in [4.78, 5) is 0. The highest BCUT2D eigenvalue weighted by molar-refractivity contribution is 5.36. The first kappa shape index (κ1) is 14.4. The Labute approximate surface area is 118 Å². The van der Waals surface area contributed by atoms with E-state index in [1.54, 1.807) is 6.07 Å². The van der Waals surface area contributed by atoms with E-state index in [4.69, 9.17) is 14.2 Å². The number of aliphatic hydroxyl groups excluding tert-OH is 1. The van der Waals surface area contributed by atoms with Gasteiger partial charge in [-0.15, -0.1) is 0 Å². The summed E-state index contributed by atoms with van der Waals surface area (Å²) in [7, 11) is 1.54. The van der Waals surface area contributed by atoms with E-state index in [-0.39, 0.29) is 13.2 Å². The maximum atomic E-state index is 9.53. The fraction of sp³-hybridized carbons (Fsp3) is 0.250. The van der Waals surface area contributed by atoms with Gasteiger partial charge in [-0.1, -0.05) is 24.3 Å². The van der Waals surface area contributed by atoms with E-state index in [2.05, 4.69) is 0 Å². The van der Waals surface area contributed by atoms with E-state index in [1.807, 2.05) is 48.5 Å². The van der Waals surface area contributed by atoms with E-state index in [1.165, 1.54) is 7.11 Å². The van der Waals surface area contributed by atoms with E-state index < -0.39 is 6.10 Å². The molecule has 4 nitrogen and oxygen atoms in total. The van der Waals surface area contributed by atoms with E-state index in [0.717, 1.165) is 5.75 Å². The third kappa shape index (κ3) is 4.57. The van der Waals surface area contributed by atoms with Gasteiger partial charge in [0, 0.05) is 13.2 Å². The molecular weight excluding hydrogens is 256 g/mol. The molecule has 2 aromatic carbocycles. The van der Waals surface area contributed by atoms with Crippen molar-refractivity contribution in [3.05, 3.63) is 54.6 Å². The number of methoxy groups -OCH3 is 1. The van der Waals surface area contributed by atoms with Crippen molar-refractivity contribution in [3.8, 4) is 17.2 Å².